The first-order valence-electron chi connectivity index (χ1n) is 10.6. The summed E-state index contributed by atoms with van der Waals surface area (Å²) in [5.74, 6) is -1.10. The van der Waals surface area contributed by atoms with Gasteiger partial charge in [0, 0.05) is 13.1 Å². The van der Waals surface area contributed by atoms with Crippen LogP contribution < -0.4 is 5.32 Å². The van der Waals surface area contributed by atoms with Gasteiger partial charge < -0.3 is 10.1 Å². The summed E-state index contributed by atoms with van der Waals surface area (Å²) in [6, 6.07) is 13.7. The van der Waals surface area contributed by atoms with Crippen molar-refractivity contribution in [3.05, 3.63) is 65.2 Å². The van der Waals surface area contributed by atoms with Crippen molar-refractivity contribution in [3.63, 3.8) is 0 Å². The zero-order valence-electron chi connectivity index (χ0n) is 17.2. The molecular weight excluding hydrogens is 416 g/mol. The van der Waals surface area contributed by atoms with Gasteiger partial charge in [-0.3, -0.25) is 4.79 Å². The van der Waals surface area contributed by atoms with Crippen LogP contribution in [0.1, 0.15) is 53.2 Å². The van der Waals surface area contributed by atoms with Gasteiger partial charge in [-0.1, -0.05) is 30.3 Å². The van der Waals surface area contributed by atoms with E-state index in [1.54, 1.807) is 0 Å². The van der Waals surface area contributed by atoms with Crippen LogP contribution >= 0.6 is 0 Å². The SMILES string of the molecule is O=C(COC(=O)c1cccc(S(=O)(=O)N2CCCC2)c1)N[C@@H]1CCCc2ccccc21. The predicted molar refractivity (Wildman–Crippen MR) is 115 cm³/mol. The largest absolute Gasteiger partial charge is 0.452 e. The molecule has 4 rings (SSSR count). The highest BCUT2D eigenvalue weighted by molar-refractivity contribution is 7.89. The minimum absolute atomic E-state index is 0.0621. The van der Waals surface area contributed by atoms with E-state index in [2.05, 4.69) is 11.4 Å². The van der Waals surface area contributed by atoms with Crippen molar-refractivity contribution in [3.8, 4) is 0 Å². The van der Waals surface area contributed by atoms with Crippen LogP contribution in [0.5, 0.6) is 0 Å². The quantitative estimate of drug-likeness (QED) is 0.695. The number of ether oxygens (including phenoxy) is 1. The van der Waals surface area contributed by atoms with Crippen LogP contribution in [-0.2, 0) is 26.0 Å². The number of nitrogens with one attached hydrogen (secondary N) is 1. The molecule has 31 heavy (non-hydrogen) atoms. The van der Waals surface area contributed by atoms with Gasteiger partial charge >= 0.3 is 5.97 Å². The number of hydrogen-bond donors (Lipinski definition) is 1. The number of fused-ring (bicyclic) bond motifs is 1. The summed E-state index contributed by atoms with van der Waals surface area (Å²) in [5, 5.41) is 2.94. The maximum absolute atomic E-state index is 12.7. The molecule has 0 bridgehead atoms. The summed E-state index contributed by atoms with van der Waals surface area (Å²) in [6.45, 7) is 0.559. The second kappa shape index (κ2) is 9.20. The van der Waals surface area contributed by atoms with Crippen molar-refractivity contribution in [2.75, 3.05) is 19.7 Å². The monoisotopic (exact) mass is 442 g/mol. The molecule has 164 valence electrons. The second-order valence-electron chi connectivity index (χ2n) is 7.93. The van der Waals surface area contributed by atoms with Gasteiger partial charge in [-0.2, -0.15) is 4.31 Å². The van der Waals surface area contributed by atoms with E-state index < -0.39 is 22.6 Å². The Morgan fingerprint density at radius 1 is 1.03 bits per heavy atom. The summed E-state index contributed by atoms with van der Waals surface area (Å²) in [7, 11) is -3.63. The molecule has 8 heteroatoms. The molecule has 2 aliphatic rings. The molecule has 0 unspecified atom stereocenters. The third-order valence-electron chi connectivity index (χ3n) is 5.81. The molecular formula is C23H26N2O5S. The minimum Gasteiger partial charge on any atom is -0.452 e. The third-order valence-corrected chi connectivity index (χ3v) is 7.71. The maximum Gasteiger partial charge on any atom is 0.338 e. The molecule has 2 aromatic rings. The van der Waals surface area contributed by atoms with Crippen molar-refractivity contribution in [1.82, 2.24) is 9.62 Å². The first-order chi connectivity index (χ1) is 14.9. The van der Waals surface area contributed by atoms with E-state index in [4.69, 9.17) is 4.74 Å². The Hall–Kier alpha value is -2.71. The highest BCUT2D eigenvalue weighted by Crippen LogP contribution is 2.29. The number of benzene rings is 2. The van der Waals surface area contributed by atoms with Crippen LogP contribution in [0, 0.1) is 0 Å². The van der Waals surface area contributed by atoms with Gasteiger partial charge in [0.15, 0.2) is 6.61 Å². The lowest BCUT2D eigenvalue weighted by molar-refractivity contribution is -0.125. The fourth-order valence-electron chi connectivity index (χ4n) is 4.22. The molecule has 2 aromatic carbocycles. The number of carbonyl (C=O) groups is 2. The number of aryl methyl sites for hydroxylation is 1. The Bertz CT molecular complexity index is 1080. The maximum atomic E-state index is 12.7. The molecule has 0 saturated carbocycles. The van der Waals surface area contributed by atoms with Crippen LogP contribution in [0.2, 0.25) is 0 Å². The molecule has 0 radical (unpaired) electrons. The summed E-state index contributed by atoms with van der Waals surface area (Å²) >= 11 is 0. The molecule has 1 N–H and O–H groups in total. The second-order valence-corrected chi connectivity index (χ2v) is 9.86. The Morgan fingerprint density at radius 2 is 1.81 bits per heavy atom. The first kappa shape index (κ1) is 21.5. The lowest BCUT2D eigenvalue weighted by atomic mass is 9.88. The average molecular weight is 443 g/mol. The number of carbonyl (C=O) groups excluding carboxylic acids is 2. The summed E-state index contributed by atoms with van der Waals surface area (Å²) in [4.78, 5) is 24.9. The number of rotatable bonds is 6. The lowest BCUT2D eigenvalue weighted by Crippen LogP contribution is -2.34. The first-order valence-corrected chi connectivity index (χ1v) is 12.0. The van der Waals surface area contributed by atoms with Crippen LogP contribution in [0.25, 0.3) is 0 Å². The number of esters is 1. The molecule has 1 aliphatic heterocycles. The van der Waals surface area contributed by atoms with E-state index in [1.165, 1.54) is 34.1 Å². The topological polar surface area (TPSA) is 92.8 Å². The van der Waals surface area contributed by atoms with E-state index in [0.717, 1.165) is 37.7 Å². The van der Waals surface area contributed by atoms with E-state index in [1.807, 2.05) is 18.2 Å². The zero-order valence-corrected chi connectivity index (χ0v) is 18.1. The van der Waals surface area contributed by atoms with Gasteiger partial charge in [-0.25, -0.2) is 13.2 Å². The van der Waals surface area contributed by atoms with Gasteiger partial charge in [-0.15, -0.1) is 0 Å². The predicted octanol–water partition coefficient (Wildman–Crippen LogP) is 2.82. The van der Waals surface area contributed by atoms with Gasteiger partial charge in [-0.05, 0) is 61.4 Å². The zero-order chi connectivity index (χ0) is 21.8. The molecule has 1 heterocycles. The Morgan fingerprint density at radius 3 is 2.61 bits per heavy atom. The van der Waals surface area contributed by atoms with Crippen molar-refractivity contribution >= 4 is 21.9 Å². The smallest absolute Gasteiger partial charge is 0.338 e. The fourth-order valence-corrected chi connectivity index (χ4v) is 5.78. The average Bonchev–Trinajstić information content (AvgIpc) is 3.34. The van der Waals surface area contributed by atoms with Gasteiger partial charge in [0.25, 0.3) is 5.91 Å². The van der Waals surface area contributed by atoms with Crippen molar-refractivity contribution < 1.29 is 22.7 Å². The molecule has 0 aromatic heterocycles. The highest BCUT2D eigenvalue weighted by Gasteiger charge is 2.28. The molecule has 7 nitrogen and oxygen atoms in total. The fraction of sp³-hybridized carbons (Fsp3) is 0.391. The standard InChI is InChI=1S/C23H26N2O5S/c26-22(24-21-12-6-8-17-7-1-2-11-20(17)21)16-30-23(27)18-9-5-10-19(15-18)31(28,29)25-13-3-4-14-25/h1-2,5,7,9-11,15,21H,3-4,6,8,12-14,16H2,(H,24,26)/t21-/m1/s1. The summed E-state index contributed by atoms with van der Waals surface area (Å²) in [5.41, 5.74) is 2.44. The molecule has 1 atom stereocenters. The minimum atomic E-state index is -3.63. The highest BCUT2D eigenvalue weighted by atomic mass is 32.2. The van der Waals surface area contributed by atoms with Crippen LogP contribution in [-0.4, -0.2) is 44.3 Å². The van der Waals surface area contributed by atoms with E-state index in [0.29, 0.717) is 13.1 Å². The Kier molecular flexibility index (Phi) is 6.38. The number of hydrogen-bond acceptors (Lipinski definition) is 5. The van der Waals surface area contributed by atoms with Crippen molar-refractivity contribution in [2.45, 2.75) is 43.0 Å². The number of nitrogens with zero attached hydrogens (tertiary/aromatic N) is 1. The lowest BCUT2D eigenvalue weighted by Gasteiger charge is -2.26. The molecule has 1 saturated heterocycles. The molecule has 1 fully saturated rings. The molecule has 1 aliphatic carbocycles. The van der Waals surface area contributed by atoms with Crippen molar-refractivity contribution in [2.24, 2.45) is 0 Å². The summed E-state index contributed by atoms with van der Waals surface area (Å²) < 4.78 is 32.0. The van der Waals surface area contributed by atoms with Crippen LogP contribution in [0.15, 0.2) is 53.4 Å². The Balaban J connectivity index is 1.37. The molecule has 0 spiro atoms. The van der Waals surface area contributed by atoms with Crippen LogP contribution in [0.3, 0.4) is 0 Å². The van der Waals surface area contributed by atoms with Gasteiger partial charge in [0.05, 0.1) is 16.5 Å². The van der Waals surface area contributed by atoms with E-state index in [9.17, 15) is 18.0 Å². The molecule has 1 amide bonds. The van der Waals surface area contributed by atoms with E-state index >= 15 is 0 Å². The number of sulfonamides is 1. The van der Waals surface area contributed by atoms with Gasteiger partial charge in [0.2, 0.25) is 10.0 Å². The third kappa shape index (κ3) is 4.80. The Labute approximate surface area is 182 Å². The van der Waals surface area contributed by atoms with Gasteiger partial charge in [0.1, 0.15) is 0 Å². The van der Waals surface area contributed by atoms with Crippen molar-refractivity contribution in [1.29, 1.82) is 0 Å². The summed E-state index contributed by atoms with van der Waals surface area (Å²) in [6.07, 6.45) is 4.49. The van der Waals surface area contributed by atoms with Crippen LogP contribution in [0.4, 0.5) is 0 Å². The normalized spacial score (nSPS) is 18.9. The number of amides is 1. The van der Waals surface area contributed by atoms with E-state index in [-0.39, 0.29) is 22.4 Å².